The van der Waals surface area contributed by atoms with Gasteiger partial charge in [-0.3, -0.25) is 0 Å². The molecule has 3 nitrogen and oxygen atoms in total. The van der Waals surface area contributed by atoms with Crippen LogP contribution in [0.1, 0.15) is 25.5 Å². The number of halogens is 1. The monoisotopic (exact) mass is 240 g/mol. The number of likely N-dealkylation sites (N-methyl/N-ethyl adjacent to an activating group) is 1. The maximum atomic E-state index is 13.7. The Kier molecular flexibility index (Phi) is 4.90. The summed E-state index contributed by atoms with van der Waals surface area (Å²) in [6.07, 6.45) is 0. The van der Waals surface area contributed by atoms with Gasteiger partial charge < -0.3 is 15.4 Å². The first-order chi connectivity index (χ1) is 7.97. The summed E-state index contributed by atoms with van der Waals surface area (Å²) >= 11 is 0. The molecule has 2 N–H and O–H groups in total. The maximum absolute atomic E-state index is 13.7. The van der Waals surface area contributed by atoms with E-state index in [1.54, 1.807) is 6.07 Å². The number of hydrogen-bond acceptors (Lipinski definition) is 3. The van der Waals surface area contributed by atoms with E-state index < -0.39 is 0 Å². The van der Waals surface area contributed by atoms with Crippen LogP contribution in [0.5, 0.6) is 5.75 Å². The lowest BCUT2D eigenvalue weighted by atomic mass is 10.00. The predicted octanol–water partition coefficient (Wildman–Crippen LogP) is 2.17. The number of nitrogens with two attached hydrogens (primary N) is 1. The molecule has 0 fully saturated rings. The zero-order chi connectivity index (χ0) is 13.0. The Morgan fingerprint density at radius 1 is 1.41 bits per heavy atom. The van der Waals surface area contributed by atoms with Gasteiger partial charge in [0.2, 0.25) is 0 Å². The van der Waals surface area contributed by atoms with Crippen LogP contribution in [0.3, 0.4) is 0 Å². The molecule has 1 rings (SSSR count). The highest BCUT2D eigenvalue weighted by Crippen LogP contribution is 2.26. The Hall–Kier alpha value is -1.13. The molecule has 0 spiro atoms. The van der Waals surface area contributed by atoms with Gasteiger partial charge >= 0.3 is 0 Å². The molecule has 2 unspecified atom stereocenters. The minimum atomic E-state index is -0.336. The third-order valence-corrected chi connectivity index (χ3v) is 2.65. The summed E-state index contributed by atoms with van der Waals surface area (Å²) in [5.74, 6) is -0.0460. The van der Waals surface area contributed by atoms with Gasteiger partial charge in [-0.2, -0.15) is 0 Å². The van der Waals surface area contributed by atoms with Crippen molar-refractivity contribution in [2.45, 2.75) is 25.9 Å². The highest BCUT2D eigenvalue weighted by Gasteiger charge is 2.19. The van der Waals surface area contributed by atoms with Crippen molar-refractivity contribution in [1.82, 2.24) is 4.90 Å². The summed E-state index contributed by atoms with van der Waals surface area (Å²) in [6, 6.07) is 4.95. The van der Waals surface area contributed by atoms with Gasteiger partial charge in [-0.05, 0) is 45.6 Å². The van der Waals surface area contributed by atoms with Gasteiger partial charge in [0, 0.05) is 12.1 Å². The van der Waals surface area contributed by atoms with E-state index in [-0.39, 0.29) is 17.9 Å². The molecule has 0 aliphatic heterocycles. The quantitative estimate of drug-likeness (QED) is 0.857. The zero-order valence-corrected chi connectivity index (χ0v) is 10.9. The van der Waals surface area contributed by atoms with Gasteiger partial charge in [-0.15, -0.1) is 0 Å². The standard InChI is InChI=1S/C13H21FN2O/c1-5-17-12-7-6-10(8-11(12)14)13(9(2)15)16(3)4/h6-9,13H,5,15H2,1-4H3. The Morgan fingerprint density at radius 2 is 2.06 bits per heavy atom. The van der Waals surface area contributed by atoms with Gasteiger partial charge in [0.05, 0.1) is 6.61 Å². The van der Waals surface area contributed by atoms with Crippen molar-refractivity contribution in [1.29, 1.82) is 0 Å². The number of rotatable bonds is 5. The first-order valence-electron chi connectivity index (χ1n) is 5.81. The number of benzene rings is 1. The largest absolute Gasteiger partial charge is 0.491 e. The van der Waals surface area contributed by atoms with Crippen LogP contribution in [0, 0.1) is 5.82 Å². The molecular formula is C13H21FN2O. The van der Waals surface area contributed by atoms with Gasteiger partial charge in [-0.1, -0.05) is 6.07 Å². The molecule has 4 heteroatoms. The second-order valence-electron chi connectivity index (χ2n) is 4.39. The minimum absolute atomic E-state index is 0.000163. The van der Waals surface area contributed by atoms with Crippen LogP contribution in [-0.4, -0.2) is 31.6 Å². The lowest BCUT2D eigenvalue weighted by Crippen LogP contribution is -2.35. The van der Waals surface area contributed by atoms with E-state index in [0.717, 1.165) is 5.56 Å². The molecule has 96 valence electrons. The molecular weight excluding hydrogens is 219 g/mol. The molecule has 0 bridgehead atoms. The van der Waals surface area contributed by atoms with Crippen LogP contribution in [-0.2, 0) is 0 Å². The maximum Gasteiger partial charge on any atom is 0.165 e. The Bertz CT molecular complexity index is 358. The summed E-state index contributed by atoms with van der Waals surface area (Å²) in [4.78, 5) is 1.99. The molecule has 0 aliphatic rings. The van der Waals surface area contributed by atoms with Crippen LogP contribution in [0.2, 0.25) is 0 Å². The number of hydrogen-bond donors (Lipinski definition) is 1. The number of ether oxygens (including phenoxy) is 1. The van der Waals surface area contributed by atoms with E-state index in [9.17, 15) is 4.39 Å². The van der Waals surface area contributed by atoms with E-state index in [0.29, 0.717) is 12.4 Å². The molecule has 17 heavy (non-hydrogen) atoms. The Morgan fingerprint density at radius 3 is 2.47 bits per heavy atom. The summed E-state index contributed by atoms with van der Waals surface area (Å²) in [7, 11) is 3.87. The van der Waals surface area contributed by atoms with Crippen molar-refractivity contribution in [3.8, 4) is 5.75 Å². The normalized spacial score (nSPS) is 14.8. The number of nitrogens with zero attached hydrogens (tertiary/aromatic N) is 1. The summed E-state index contributed by atoms with van der Waals surface area (Å²) in [6.45, 7) is 4.21. The van der Waals surface area contributed by atoms with E-state index in [2.05, 4.69) is 0 Å². The van der Waals surface area contributed by atoms with E-state index in [4.69, 9.17) is 10.5 Å². The van der Waals surface area contributed by atoms with Crippen molar-refractivity contribution in [3.05, 3.63) is 29.6 Å². The topological polar surface area (TPSA) is 38.5 Å². The lowest BCUT2D eigenvalue weighted by molar-refractivity contribution is 0.264. The average Bonchev–Trinajstić information content (AvgIpc) is 2.21. The molecule has 0 saturated carbocycles. The Balaban J connectivity index is 3.02. The molecule has 2 atom stereocenters. The van der Waals surface area contributed by atoms with Gasteiger partial charge in [0.15, 0.2) is 11.6 Å². The second-order valence-corrected chi connectivity index (χ2v) is 4.39. The molecule has 0 heterocycles. The molecule has 1 aromatic carbocycles. The van der Waals surface area contributed by atoms with E-state index in [1.165, 1.54) is 6.07 Å². The molecule has 0 aromatic heterocycles. The van der Waals surface area contributed by atoms with Crippen molar-refractivity contribution in [2.75, 3.05) is 20.7 Å². The fraction of sp³-hybridized carbons (Fsp3) is 0.538. The minimum Gasteiger partial charge on any atom is -0.491 e. The summed E-state index contributed by atoms with van der Waals surface area (Å²) in [5, 5.41) is 0. The summed E-state index contributed by atoms with van der Waals surface area (Å²) in [5.41, 5.74) is 6.79. The smallest absolute Gasteiger partial charge is 0.165 e. The summed E-state index contributed by atoms with van der Waals surface area (Å²) < 4.78 is 18.9. The third-order valence-electron chi connectivity index (χ3n) is 2.65. The highest BCUT2D eigenvalue weighted by molar-refractivity contribution is 5.31. The van der Waals surface area contributed by atoms with Crippen LogP contribution in [0.25, 0.3) is 0 Å². The second kappa shape index (κ2) is 5.98. The van der Waals surface area contributed by atoms with Crippen LogP contribution in [0.4, 0.5) is 4.39 Å². The zero-order valence-electron chi connectivity index (χ0n) is 10.9. The van der Waals surface area contributed by atoms with Crippen LogP contribution in [0.15, 0.2) is 18.2 Å². The Labute approximate surface area is 102 Å². The lowest BCUT2D eigenvalue weighted by Gasteiger charge is -2.28. The van der Waals surface area contributed by atoms with Crippen molar-refractivity contribution in [2.24, 2.45) is 5.73 Å². The van der Waals surface area contributed by atoms with Crippen LogP contribution < -0.4 is 10.5 Å². The third kappa shape index (κ3) is 3.41. The molecule has 0 amide bonds. The molecule has 0 aliphatic carbocycles. The predicted molar refractivity (Wildman–Crippen MR) is 67.6 cm³/mol. The highest BCUT2D eigenvalue weighted by atomic mass is 19.1. The first kappa shape index (κ1) is 13.9. The molecule has 0 saturated heterocycles. The van der Waals surface area contributed by atoms with Crippen LogP contribution >= 0.6 is 0 Å². The molecule has 1 aromatic rings. The first-order valence-corrected chi connectivity index (χ1v) is 5.81. The van der Waals surface area contributed by atoms with E-state index >= 15 is 0 Å². The van der Waals surface area contributed by atoms with E-state index in [1.807, 2.05) is 38.9 Å². The fourth-order valence-electron chi connectivity index (χ4n) is 2.05. The average molecular weight is 240 g/mol. The van der Waals surface area contributed by atoms with Gasteiger partial charge in [-0.25, -0.2) is 4.39 Å². The molecule has 0 radical (unpaired) electrons. The SMILES string of the molecule is CCOc1ccc(C(C(C)N)N(C)C)cc1F. The van der Waals surface area contributed by atoms with Gasteiger partial charge in [0.25, 0.3) is 0 Å². The van der Waals surface area contributed by atoms with Gasteiger partial charge in [0.1, 0.15) is 0 Å². The fourth-order valence-corrected chi connectivity index (χ4v) is 2.05. The van der Waals surface area contributed by atoms with Crippen molar-refractivity contribution in [3.63, 3.8) is 0 Å². The van der Waals surface area contributed by atoms with Crippen molar-refractivity contribution < 1.29 is 9.13 Å². The van der Waals surface area contributed by atoms with Crippen molar-refractivity contribution >= 4 is 0 Å².